The Kier molecular flexibility index (Phi) is 5.51. The zero-order valence-corrected chi connectivity index (χ0v) is 13.2. The Morgan fingerprint density at radius 3 is 2.82 bits per heavy atom. The fourth-order valence-electron chi connectivity index (χ4n) is 1.67. The molecule has 0 aliphatic carbocycles. The van der Waals surface area contributed by atoms with E-state index in [1.54, 1.807) is 23.6 Å². The quantitative estimate of drug-likeness (QED) is 0.848. The van der Waals surface area contributed by atoms with Crippen molar-refractivity contribution < 1.29 is 18.7 Å². The van der Waals surface area contributed by atoms with E-state index in [0.717, 1.165) is 0 Å². The summed E-state index contributed by atoms with van der Waals surface area (Å²) in [5.74, 6) is -1.62. The van der Waals surface area contributed by atoms with Crippen LogP contribution in [0.25, 0.3) is 0 Å². The van der Waals surface area contributed by atoms with Crippen LogP contribution >= 0.6 is 22.9 Å². The second-order valence-corrected chi connectivity index (χ2v) is 5.85. The lowest BCUT2D eigenvalue weighted by Crippen LogP contribution is -2.39. The molecule has 2 aromatic rings. The molecule has 1 heterocycles. The number of carbonyl (C=O) groups excluding carboxylic acids is 2. The van der Waals surface area contributed by atoms with E-state index in [4.69, 9.17) is 16.3 Å². The minimum atomic E-state index is -0.836. The van der Waals surface area contributed by atoms with E-state index in [1.165, 1.54) is 30.4 Å². The highest BCUT2D eigenvalue weighted by Gasteiger charge is 2.19. The van der Waals surface area contributed by atoms with E-state index >= 15 is 0 Å². The van der Waals surface area contributed by atoms with Crippen molar-refractivity contribution in [3.8, 4) is 0 Å². The Hall–Kier alpha value is -1.92. The average Bonchev–Trinajstić information content (AvgIpc) is 3.02. The van der Waals surface area contributed by atoms with E-state index < -0.39 is 17.8 Å². The van der Waals surface area contributed by atoms with Crippen molar-refractivity contribution in [2.45, 2.75) is 19.6 Å². The van der Waals surface area contributed by atoms with Gasteiger partial charge in [0, 0.05) is 5.56 Å². The summed E-state index contributed by atoms with van der Waals surface area (Å²) < 4.78 is 18.7. The second-order valence-electron chi connectivity index (χ2n) is 4.49. The molecular weight excluding hydrogens is 329 g/mol. The summed E-state index contributed by atoms with van der Waals surface area (Å²) in [6.45, 7) is 1.26. The van der Waals surface area contributed by atoms with Crippen molar-refractivity contribution in [1.82, 2.24) is 5.32 Å². The van der Waals surface area contributed by atoms with Gasteiger partial charge >= 0.3 is 5.97 Å². The van der Waals surface area contributed by atoms with E-state index in [9.17, 15) is 14.0 Å². The van der Waals surface area contributed by atoms with Crippen molar-refractivity contribution >= 4 is 34.8 Å². The minimum absolute atomic E-state index is 0.0346. The van der Waals surface area contributed by atoms with Gasteiger partial charge in [0.05, 0.1) is 9.90 Å². The number of hydrogen-bond donors (Lipinski definition) is 1. The highest BCUT2D eigenvalue weighted by atomic mass is 35.5. The molecule has 116 valence electrons. The van der Waals surface area contributed by atoms with Gasteiger partial charge in [-0.15, -0.1) is 11.3 Å². The summed E-state index contributed by atoms with van der Waals surface area (Å²) in [5.41, 5.74) is 0.178. The van der Waals surface area contributed by atoms with Gasteiger partial charge in [-0.3, -0.25) is 4.79 Å². The largest absolute Gasteiger partial charge is 0.459 e. The number of thiophene rings is 1. The Balaban J connectivity index is 1.89. The molecule has 0 aliphatic rings. The number of amides is 1. The molecular formula is C15H13ClFNO3S. The van der Waals surface area contributed by atoms with Gasteiger partial charge in [0.1, 0.15) is 18.5 Å². The summed E-state index contributed by atoms with van der Waals surface area (Å²) in [4.78, 5) is 24.1. The number of nitrogens with one attached hydrogen (secondary N) is 1. The Labute approximate surface area is 135 Å². The maximum Gasteiger partial charge on any atom is 0.328 e. The number of hydrogen-bond acceptors (Lipinski definition) is 4. The van der Waals surface area contributed by atoms with Gasteiger partial charge < -0.3 is 10.1 Å². The lowest BCUT2D eigenvalue weighted by Gasteiger charge is -2.13. The van der Waals surface area contributed by atoms with Crippen LogP contribution in [0.2, 0.25) is 5.02 Å². The van der Waals surface area contributed by atoms with Crippen molar-refractivity contribution in [3.63, 3.8) is 0 Å². The molecule has 1 unspecified atom stereocenters. The minimum Gasteiger partial charge on any atom is -0.459 e. The summed E-state index contributed by atoms with van der Waals surface area (Å²) in [6.07, 6.45) is 0. The molecule has 22 heavy (non-hydrogen) atoms. The van der Waals surface area contributed by atoms with Gasteiger partial charge in [0.25, 0.3) is 5.91 Å². The van der Waals surface area contributed by atoms with Gasteiger partial charge in [-0.25, -0.2) is 9.18 Å². The molecule has 0 saturated carbocycles. The van der Waals surface area contributed by atoms with E-state index in [1.807, 2.05) is 0 Å². The number of benzene rings is 1. The average molecular weight is 342 g/mol. The van der Waals surface area contributed by atoms with Crippen LogP contribution in [-0.2, 0) is 16.1 Å². The molecule has 0 saturated heterocycles. The van der Waals surface area contributed by atoms with Crippen LogP contribution in [0.1, 0.15) is 22.2 Å². The van der Waals surface area contributed by atoms with Crippen LogP contribution in [-0.4, -0.2) is 17.9 Å². The summed E-state index contributed by atoms with van der Waals surface area (Å²) in [7, 11) is 0. The Morgan fingerprint density at radius 2 is 2.14 bits per heavy atom. The molecule has 1 atom stereocenters. The van der Waals surface area contributed by atoms with Crippen LogP contribution in [0.15, 0.2) is 35.7 Å². The summed E-state index contributed by atoms with van der Waals surface area (Å²) >= 11 is 6.92. The lowest BCUT2D eigenvalue weighted by molar-refractivity contribution is -0.146. The summed E-state index contributed by atoms with van der Waals surface area (Å²) in [5, 5.41) is 4.25. The number of halogens is 2. The number of esters is 1. The molecule has 0 aliphatic heterocycles. The number of ether oxygens (including phenoxy) is 1. The SMILES string of the molecule is CC(NC(=O)c1cccs1)C(=O)OCc1cccc(Cl)c1F. The molecule has 2 rings (SSSR count). The van der Waals surface area contributed by atoms with E-state index in [0.29, 0.717) is 4.88 Å². The predicted molar refractivity (Wildman–Crippen MR) is 82.5 cm³/mol. The zero-order chi connectivity index (χ0) is 16.1. The van der Waals surface area contributed by atoms with Gasteiger partial charge in [-0.05, 0) is 24.4 Å². The molecule has 4 nitrogen and oxygen atoms in total. The fourth-order valence-corrected chi connectivity index (χ4v) is 2.49. The molecule has 1 aromatic heterocycles. The molecule has 0 radical (unpaired) electrons. The zero-order valence-electron chi connectivity index (χ0n) is 11.6. The molecule has 1 amide bonds. The maximum absolute atomic E-state index is 13.7. The first-order valence-corrected chi connectivity index (χ1v) is 7.68. The highest BCUT2D eigenvalue weighted by Crippen LogP contribution is 2.18. The Morgan fingerprint density at radius 1 is 1.36 bits per heavy atom. The summed E-state index contributed by atoms with van der Waals surface area (Å²) in [6, 6.07) is 7.01. The molecule has 1 aromatic carbocycles. The topological polar surface area (TPSA) is 55.4 Å². The number of rotatable bonds is 5. The first kappa shape index (κ1) is 16.5. The maximum atomic E-state index is 13.7. The fraction of sp³-hybridized carbons (Fsp3) is 0.200. The molecule has 0 fully saturated rings. The van der Waals surface area contributed by atoms with E-state index in [2.05, 4.69) is 5.32 Å². The van der Waals surface area contributed by atoms with Crippen LogP contribution in [0.3, 0.4) is 0 Å². The predicted octanol–water partition coefficient (Wildman–Crippen LogP) is 3.40. The van der Waals surface area contributed by atoms with Crippen LogP contribution < -0.4 is 5.32 Å². The third-order valence-electron chi connectivity index (χ3n) is 2.85. The van der Waals surface area contributed by atoms with Crippen LogP contribution in [0.4, 0.5) is 4.39 Å². The first-order valence-electron chi connectivity index (χ1n) is 6.43. The first-order chi connectivity index (χ1) is 10.5. The third-order valence-corrected chi connectivity index (χ3v) is 4.01. The molecule has 0 bridgehead atoms. The van der Waals surface area contributed by atoms with Gasteiger partial charge in [-0.1, -0.05) is 29.8 Å². The molecule has 0 spiro atoms. The standard InChI is InChI=1S/C15H13ClFNO3S/c1-9(18-14(19)12-6-3-7-22-12)15(20)21-8-10-4-2-5-11(16)13(10)17/h2-7,9H,8H2,1H3,(H,18,19). The van der Waals surface area contributed by atoms with E-state index in [-0.39, 0.29) is 23.1 Å². The van der Waals surface area contributed by atoms with Gasteiger partial charge in [0.15, 0.2) is 0 Å². The van der Waals surface area contributed by atoms with Gasteiger partial charge in [-0.2, -0.15) is 0 Å². The van der Waals surface area contributed by atoms with Crippen molar-refractivity contribution in [3.05, 3.63) is 57.0 Å². The second kappa shape index (κ2) is 7.38. The van der Waals surface area contributed by atoms with Crippen LogP contribution in [0, 0.1) is 5.82 Å². The van der Waals surface area contributed by atoms with Crippen molar-refractivity contribution in [1.29, 1.82) is 0 Å². The van der Waals surface area contributed by atoms with Crippen molar-refractivity contribution in [2.75, 3.05) is 0 Å². The highest BCUT2D eigenvalue weighted by molar-refractivity contribution is 7.12. The van der Waals surface area contributed by atoms with Crippen LogP contribution in [0.5, 0.6) is 0 Å². The lowest BCUT2D eigenvalue weighted by atomic mass is 10.2. The monoisotopic (exact) mass is 341 g/mol. The molecule has 1 N–H and O–H groups in total. The normalized spacial score (nSPS) is 11.8. The smallest absolute Gasteiger partial charge is 0.328 e. The van der Waals surface area contributed by atoms with Gasteiger partial charge in [0.2, 0.25) is 0 Å². The Bertz CT molecular complexity index is 675. The molecule has 7 heteroatoms. The number of carbonyl (C=O) groups is 2. The van der Waals surface area contributed by atoms with Crippen molar-refractivity contribution in [2.24, 2.45) is 0 Å². The third kappa shape index (κ3) is 4.05.